The smallest absolute Gasteiger partial charge is 0.153 e. The summed E-state index contributed by atoms with van der Waals surface area (Å²) in [7, 11) is 0. The molecule has 0 saturated heterocycles. The van der Waals surface area contributed by atoms with Crippen LogP contribution < -0.4 is 0 Å². The minimum atomic E-state index is 0.650. The van der Waals surface area contributed by atoms with E-state index in [1.807, 2.05) is 31.2 Å². The van der Waals surface area contributed by atoms with Crippen LogP contribution in [0.3, 0.4) is 0 Å². The summed E-state index contributed by atoms with van der Waals surface area (Å²) in [5.74, 6) is 0. The minimum Gasteiger partial charge on any atom is -0.298 e. The van der Waals surface area contributed by atoms with Gasteiger partial charge in [-0.05, 0) is 24.6 Å². The molecule has 2 rings (SSSR count). The summed E-state index contributed by atoms with van der Waals surface area (Å²) < 4.78 is 2.84. The molecule has 1 aromatic heterocycles. The van der Waals surface area contributed by atoms with Crippen LogP contribution in [-0.2, 0) is 6.54 Å². The van der Waals surface area contributed by atoms with Gasteiger partial charge in [-0.25, -0.2) is 0 Å². The molecule has 0 spiro atoms. The van der Waals surface area contributed by atoms with Crippen LogP contribution in [0.15, 0.2) is 34.9 Å². The van der Waals surface area contributed by atoms with Gasteiger partial charge in [-0.1, -0.05) is 28.1 Å². The van der Waals surface area contributed by atoms with Crippen molar-refractivity contribution in [2.24, 2.45) is 0 Å². The number of carbonyl (C=O) groups is 1. The summed E-state index contributed by atoms with van der Waals surface area (Å²) in [4.78, 5) is 10.7. The van der Waals surface area contributed by atoms with E-state index >= 15 is 0 Å². The third-order valence-electron chi connectivity index (χ3n) is 2.37. The van der Waals surface area contributed by atoms with Crippen molar-refractivity contribution >= 4 is 22.2 Å². The van der Waals surface area contributed by atoms with Gasteiger partial charge in [0.05, 0.1) is 17.8 Å². The van der Waals surface area contributed by atoms with Crippen molar-refractivity contribution in [3.63, 3.8) is 0 Å². The van der Waals surface area contributed by atoms with Crippen LogP contribution in [-0.4, -0.2) is 16.1 Å². The number of aldehydes is 1. The van der Waals surface area contributed by atoms with Crippen LogP contribution in [0.4, 0.5) is 0 Å². The summed E-state index contributed by atoms with van der Waals surface area (Å²) in [6.07, 6.45) is 2.60. The molecule has 2 aromatic rings. The van der Waals surface area contributed by atoms with Crippen LogP contribution in [0, 0.1) is 6.92 Å². The van der Waals surface area contributed by atoms with E-state index in [9.17, 15) is 4.79 Å². The molecule has 0 radical (unpaired) electrons. The SMILES string of the molecule is Cc1nn(Cc2ccc(Br)cc2)cc1C=O. The molecule has 0 atom stereocenters. The highest BCUT2D eigenvalue weighted by molar-refractivity contribution is 9.10. The highest BCUT2D eigenvalue weighted by Gasteiger charge is 2.03. The normalized spacial score (nSPS) is 10.4. The Morgan fingerprint density at radius 2 is 2.06 bits per heavy atom. The van der Waals surface area contributed by atoms with E-state index in [-0.39, 0.29) is 0 Å². The van der Waals surface area contributed by atoms with Gasteiger partial charge in [-0.2, -0.15) is 5.10 Å². The number of halogens is 1. The standard InChI is InChI=1S/C12H11BrN2O/c1-9-11(8-16)7-15(14-9)6-10-2-4-12(13)5-3-10/h2-5,7-8H,6H2,1H3. The highest BCUT2D eigenvalue weighted by atomic mass is 79.9. The molecular formula is C12H11BrN2O. The van der Waals surface area contributed by atoms with Crippen molar-refractivity contribution in [2.45, 2.75) is 13.5 Å². The zero-order valence-corrected chi connectivity index (χ0v) is 10.4. The van der Waals surface area contributed by atoms with Crippen molar-refractivity contribution in [2.75, 3.05) is 0 Å². The first kappa shape index (κ1) is 11.1. The maximum Gasteiger partial charge on any atom is 0.153 e. The number of carbonyl (C=O) groups excluding carboxylic acids is 1. The van der Waals surface area contributed by atoms with E-state index in [2.05, 4.69) is 21.0 Å². The van der Waals surface area contributed by atoms with Crippen molar-refractivity contribution in [1.29, 1.82) is 0 Å². The predicted octanol–water partition coefficient (Wildman–Crippen LogP) is 2.81. The van der Waals surface area contributed by atoms with Crippen molar-refractivity contribution in [3.05, 3.63) is 51.8 Å². The molecule has 4 heteroatoms. The van der Waals surface area contributed by atoms with Crippen molar-refractivity contribution < 1.29 is 4.79 Å². The maximum absolute atomic E-state index is 10.7. The molecule has 16 heavy (non-hydrogen) atoms. The third kappa shape index (κ3) is 2.39. The summed E-state index contributed by atoms with van der Waals surface area (Å²) in [6.45, 7) is 2.52. The number of hydrogen-bond acceptors (Lipinski definition) is 2. The van der Waals surface area contributed by atoms with Gasteiger partial charge < -0.3 is 0 Å². The Hall–Kier alpha value is -1.42. The first-order valence-corrected chi connectivity index (χ1v) is 5.72. The molecule has 0 aliphatic carbocycles. The number of benzene rings is 1. The topological polar surface area (TPSA) is 34.9 Å². The lowest BCUT2D eigenvalue weighted by atomic mass is 10.2. The lowest BCUT2D eigenvalue weighted by molar-refractivity contribution is 0.112. The van der Waals surface area contributed by atoms with Gasteiger partial charge in [0.2, 0.25) is 0 Å². The lowest BCUT2D eigenvalue weighted by Crippen LogP contribution is -2.00. The van der Waals surface area contributed by atoms with Gasteiger partial charge >= 0.3 is 0 Å². The van der Waals surface area contributed by atoms with E-state index in [4.69, 9.17) is 0 Å². The molecule has 0 bridgehead atoms. The average Bonchev–Trinajstić information content (AvgIpc) is 2.62. The second-order valence-corrected chi connectivity index (χ2v) is 4.53. The maximum atomic E-state index is 10.7. The summed E-state index contributed by atoms with van der Waals surface area (Å²) >= 11 is 3.39. The van der Waals surface area contributed by atoms with E-state index in [0.29, 0.717) is 12.1 Å². The molecule has 1 heterocycles. The average molecular weight is 279 g/mol. The minimum absolute atomic E-state index is 0.650. The predicted molar refractivity (Wildman–Crippen MR) is 65.6 cm³/mol. The number of rotatable bonds is 3. The number of aromatic nitrogens is 2. The third-order valence-corrected chi connectivity index (χ3v) is 2.90. The van der Waals surface area contributed by atoms with Gasteiger partial charge in [0, 0.05) is 10.7 Å². The molecule has 0 N–H and O–H groups in total. The van der Waals surface area contributed by atoms with Gasteiger partial charge in [0.1, 0.15) is 0 Å². The second kappa shape index (κ2) is 4.61. The van der Waals surface area contributed by atoms with Crippen molar-refractivity contribution in [1.82, 2.24) is 9.78 Å². The van der Waals surface area contributed by atoms with E-state index in [1.165, 1.54) is 0 Å². The van der Waals surface area contributed by atoms with Crippen LogP contribution in [0.2, 0.25) is 0 Å². The lowest BCUT2D eigenvalue weighted by Gasteiger charge is -2.01. The van der Waals surface area contributed by atoms with Gasteiger partial charge in [0.15, 0.2) is 6.29 Å². The second-order valence-electron chi connectivity index (χ2n) is 3.61. The van der Waals surface area contributed by atoms with Crippen LogP contribution in [0.5, 0.6) is 0 Å². The van der Waals surface area contributed by atoms with E-state index < -0.39 is 0 Å². The van der Waals surface area contributed by atoms with Crippen LogP contribution in [0.25, 0.3) is 0 Å². The molecule has 0 saturated carbocycles. The zero-order chi connectivity index (χ0) is 11.5. The Labute approximate surface area is 102 Å². The van der Waals surface area contributed by atoms with Crippen LogP contribution in [0.1, 0.15) is 21.6 Å². The fraction of sp³-hybridized carbons (Fsp3) is 0.167. The fourth-order valence-electron chi connectivity index (χ4n) is 1.51. The number of nitrogens with zero attached hydrogens (tertiary/aromatic N) is 2. The first-order valence-electron chi connectivity index (χ1n) is 4.92. The fourth-order valence-corrected chi connectivity index (χ4v) is 1.77. The number of hydrogen-bond donors (Lipinski definition) is 0. The van der Waals surface area contributed by atoms with Gasteiger partial charge in [-0.3, -0.25) is 9.48 Å². The highest BCUT2D eigenvalue weighted by Crippen LogP contribution is 2.12. The quantitative estimate of drug-likeness (QED) is 0.810. The zero-order valence-electron chi connectivity index (χ0n) is 8.85. The Morgan fingerprint density at radius 3 is 2.62 bits per heavy atom. The molecule has 1 aromatic carbocycles. The number of aryl methyl sites for hydroxylation is 1. The Morgan fingerprint density at radius 1 is 1.38 bits per heavy atom. The summed E-state index contributed by atoms with van der Waals surface area (Å²) in [5, 5.41) is 4.27. The first-order chi connectivity index (χ1) is 7.69. The largest absolute Gasteiger partial charge is 0.298 e. The molecule has 0 aliphatic heterocycles. The molecule has 0 fully saturated rings. The monoisotopic (exact) mass is 278 g/mol. The summed E-state index contributed by atoms with van der Waals surface area (Å²) in [6, 6.07) is 8.04. The van der Waals surface area contributed by atoms with E-state index in [0.717, 1.165) is 22.0 Å². The van der Waals surface area contributed by atoms with Crippen molar-refractivity contribution in [3.8, 4) is 0 Å². The van der Waals surface area contributed by atoms with Crippen LogP contribution >= 0.6 is 15.9 Å². The molecule has 0 unspecified atom stereocenters. The Balaban J connectivity index is 2.20. The Bertz CT molecular complexity index is 502. The molecule has 0 aliphatic rings. The molecule has 82 valence electrons. The molecular weight excluding hydrogens is 268 g/mol. The van der Waals surface area contributed by atoms with E-state index in [1.54, 1.807) is 10.9 Å². The molecule has 0 amide bonds. The molecule has 3 nitrogen and oxygen atoms in total. The Kier molecular flexibility index (Phi) is 3.19. The van der Waals surface area contributed by atoms with Gasteiger partial charge in [0.25, 0.3) is 0 Å². The summed E-state index contributed by atoms with van der Waals surface area (Å²) in [5.41, 5.74) is 2.58. The van der Waals surface area contributed by atoms with Gasteiger partial charge in [-0.15, -0.1) is 0 Å².